The van der Waals surface area contributed by atoms with Crippen LogP contribution in [0.25, 0.3) is 16.7 Å². The second kappa shape index (κ2) is 9.43. The highest BCUT2D eigenvalue weighted by atomic mass is 19.4. The number of halogens is 3. The molecule has 0 bridgehead atoms. The molecule has 2 aromatic rings. The predicted molar refractivity (Wildman–Crippen MR) is 130 cm³/mol. The van der Waals surface area contributed by atoms with Crippen molar-refractivity contribution in [2.24, 2.45) is 5.92 Å². The number of aliphatic hydroxyl groups is 1. The lowest BCUT2D eigenvalue weighted by molar-refractivity contribution is -0.173. The van der Waals surface area contributed by atoms with Gasteiger partial charge in [-0.05, 0) is 64.3 Å². The second-order valence-corrected chi connectivity index (χ2v) is 9.31. The maximum absolute atomic E-state index is 12.8. The number of allylic oxidation sites excluding steroid dienone is 3. The molecule has 1 aliphatic heterocycles. The van der Waals surface area contributed by atoms with Crippen LogP contribution in [-0.4, -0.2) is 42.7 Å². The van der Waals surface area contributed by atoms with Gasteiger partial charge in [0.2, 0.25) is 0 Å². The summed E-state index contributed by atoms with van der Waals surface area (Å²) >= 11 is 0. The van der Waals surface area contributed by atoms with Crippen LogP contribution in [0.5, 0.6) is 0 Å². The van der Waals surface area contributed by atoms with Crippen molar-refractivity contribution in [3.63, 3.8) is 0 Å². The normalized spacial score (nSPS) is 20.7. The van der Waals surface area contributed by atoms with Gasteiger partial charge in [-0.25, -0.2) is 0 Å². The highest BCUT2D eigenvalue weighted by molar-refractivity contribution is 5.94. The molecule has 36 heavy (non-hydrogen) atoms. The fourth-order valence-electron chi connectivity index (χ4n) is 5.40. The summed E-state index contributed by atoms with van der Waals surface area (Å²) in [6.07, 6.45) is 2.87. The van der Waals surface area contributed by atoms with E-state index < -0.39 is 18.0 Å². The van der Waals surface area contributed by atoms with Gasteiger partial charge in [-0.1, -0.05) is 48.6 Å². The molecular weight excluding hydrogens is 469 g/mol. The van der Waals surface area contributed by atoms with Gasteiger partial charge >= 0.3 is 12.1 Å². The van der Waals surface area contributed by atoms with E-state index in [9.17, 15) is 27.9 Å². The Hall–Kier alpha value is -3.65. The van der Waals surface area contributed by atoms with Crippen molar-refractivity contribution in [1.82, 2.24) is 10.6 Å². The van der Waals surface area contributed by atoms with E-state index in [2.05, 4.69) is 5.32 Å². The Bertz CT molecular complexity index is 1320. The number of ketones is 1. The fraction of sp³-hybridized carbons (Fsp3) is 0.286. The standard InChI is InChI=1S/C28H25F3N2O3/c29-28(30,31)27(36)33-13-16-10-23(25-7-3-5-19(35)14-32-25)21-8-9-22-20-6-2-1-4-17(20)12-18(15-34)26(22)24(21)11-16/h1-10,16,18,32,34H,11-15H2,(H,33,36). The van der Waals surface area contributed by atoms with Crippen LogP contribution in [0.15, 0.2) is 66.4 Å². The molecule has 0 aromatic heterocycles. The lowest BCUT2D eigenvalue weighted by atomic mass is 9.71. The molecule has 5 nitrogen and oxygen atoms in total. The molecular formula is C28H25F3N2O3. The zero-order valence-corrected chi connectivity index (χ0v) is 19.4. The van der Waals surface area contributed by atoms with E-state index in [4.69, 9.17) is 0 Å². The van der Waals surface area contributed by atoms with Crippen LogP contribution in [0.1, 0.15) is 28.2 Å². The first-order chi connectivity index (χ1) is 17.3. The minimum atomic E-state index is -4.96. The van der Waals surface area contributed by atoms with Crippen LogP contribution < -0.4 is 10.6 Å². The van der Waals surface area contributed by atoms with E-state index >= 15 is 0 Å². The zero-order valence-electron chi connectivity index (χ0n) is 19.4. The van der Waals surface area contributed by atoms with Gasteiger partial charge in [0.25, 0.3) is 0 Å². The van der Waals surface area contributed by atoms with Gasteiger partial charge in [0.05, 0.1) is 13.2 Å². The predicted octanol–water partition coefficient (Wildman–Crippen LogP) is 3.83. The summed E-state index contributed by atoms with van der Waals surface area (Å²) < 4.78 is 38.5. The molecule has 5 rings (SSSR count). The summed E-state index contributed by atoms with van der Waals surface area (Å²) in [5.41, 5.74) is 7.53. The minimum Gasteiger partial charge on any atom is -0.396 e. The summed E-state index contributed by atoms with van der Waals surface area (Å²) in [5.74, 6) is -2.63. The van der Waals surface area contributed by atoms with Gasteiger partial charge in [0, 0.05) is 23.7 Å². The maximum Gasteiger partial charge on any atom is 0.471 e. The van der Waals surface area contributed by atoms with E-state index in [0.29, 0.717) is 18.5 Å². The first-order valence-electron chi connectivity index (χ1n) is 11.8. The molecule has 0 spiro atoms. The van der Waals surface area contributed by atoms with Crippen LogP contribution in [-0.2, 0) is 22.4 Å². The molecule has 186 valence electrons. The average Bonchev–Trinajstić information content (AvgIpc) is 3.09. The van der Waals surface area contributed by atoms with E-state index in [0.717, 1.165) is 39.0 Å². The number of benzene rings is 2. The highest BCUT2D eigenvalue weighted by Crippen LogP contribution is 2.46. The molecule has 3 N–H and O–H groups in total. The van der Waals surface area contributed by atoms with Crippen LogP contribution >= 0.6 is 0 Å². The fourth-order valence-corrected chi connectivity index (χ4v) is 5.40. The topological polar surface area (TPSA) is 78.4 Å². The SMILES string of the molecule is O=C1C=CC=C(C2=CC(CNC(=O)C(F)(F)F)Cc3c2ccc2c3C(CO)Cc3ccccc3-2)NC1. The number of alkyl halides is 3. The van der Waals surface area contributed by atoms with Crippen molar-refractivity contribution in [2.75, 3.05) is 19.7 Å². The number of amides is 1. The monoisotopic (exact) mass is 494 g/mol. The third-order valence-corrected chi connectivity index (χ3v) is 6.99. The number of hydrogen-bond acceptors (Lipinski definition) is 4. The lowest BCUT2D eigenvalue weighted by Crippen LogP contribution is -2.40. The first-order valence-corrected chi connectivity index (χ1v) is 11.8. The molecule has 2 aliphatic carbocycles. The maximum atomic E-state index is 12.8. The molecule has 1 heterocycles. The molecule has 2 atom stereocenters. The van der Waals surface area contributed by atoms with Gasteiger partial charge in [-0.3, -0.25) is 9.59 Å². The molecule has 2 aromatic carbocycles. The van der Waals surface area contributed by atoms with Gasteiger partial charge in [-0.2, -0.15) is 13.2 Å². The Morgan fingerprint density at radius 2 is 1.86 bits per heavy atom. The molecule has 8 heteroatoms. The number of rotatable bonds is 4. The molecule has 0 saturated heterocycles. The van der Waals surface area contributed by atoms with Crippen molar-refractivity contribution < 1.29 is 27.9 Å². The number of aliphatic hydroxyl groups excluding tert-OH is 1. The Balaban J connectivity index is 1.61. The summed E-state index contributed by atoms with van der Waals surface area (Å²) in [5, 5.41) is 15.5. The van der Waals surface area contributed by atoms with Crippen LogP contribution in [0.4, 0.5) is 13.2 Å². The lowest BCUT2D eigenvalue weighted by Gasteiger charge is -2.34. The van der Waals surface area contributed by atoms with Crippen LogP contribution in [0, 0.1) is 5.92 Å². The van der Waals surface area contributed by atoms with Crippen molar-refractivity contribution in [2.45, 2.75) is 24.9 Å². The van der Waals surface area contributed by atoms with Crippen LogP contribution in [0.2, 0.25) is 0 Å². The summed E-state index contributed by atoms with van der Waals surface area (Å²) in [4.78, 5) is 23.4. The number of nitrogens with one attached hydrogen (secondary N) is 2. The Morgan fingerprint density at radius 1 is 1.08 bits per heavy atom. The minimum absolute atomic E-state index is 0.0650. The Labute approximate surface area is 206 Å². The van der Waals surface area contributed by atoms with Crippen molar-refractivity contribution in [1.29, 1.82) is 0 Å². The Morgan fingerprint density at radius 3 is 2.64 bits per heavy atom. The van der Waals surface area contributed by atoms with E-state index in [1.54, 1.807) is 12.2 Å². The van der Waals surface area contributed by atoms with Gasteiger partial charge in [-0.15, -0.1) is 0 Å². The summed E-state index contributed by atoms with van der Waals surface area (Å²) in [6, 6.07) is 12.1. The summed E-state index contributed by atoms with van der Waals surface area (Å²) in [7, 11) is 0. The van der Waals surface area contributed by atoms with E-state index in [-0.39, 0.29) is 31.4 Å². The van der Waals surface area contributed by atoms with Crippen molar-refractivity contribution in [3.05, 3.63) is 88.7 Å². The van der Waals surface area contributed by atoms with Crippen LogP contribution in [0.3, 0.4) is 0 Å². The number of carbonyl (C=O) groups is 2. The Kier molecular flexibility index (Phi) is 6.30. The number of fused-ring (bicyclic) bond motifs is 5. The van der Waals surface area contributed by atoms with Crippen molar-refractivity contribution >= 4 is 17.3 Å². The largest absolute Gasteiger partial charge is 0.471 e. The van der Waals surface area contributed by atoms with Crippen molar-refractivity contribution in [3.8, 4) is 11.1 Å². The van der Waals surface area contributed by atoms with Gasteiger partial charge in [0.1, 0.15) is 0 Å². The molecule has 0 fully saturated rings. The molecule has 0 saturated carbocycles. The smallest absolute Gasteiger partial charge is 0.396 e. The average molecular weight is 495 g/mol. The highest BCUT2D eigenvalue weighted by Gasteiger charge is 2.39. The van der Waals surface area contributed by atoms with E-state index in [1.807, 2.05) is 47.8 Å². The van der Waals surface area contributed by atoms with Gasteiger partial charge in [0.15, 0.2) is 5.78 Å². The molecule has 3 aliphatic rings. The zero-order chi connectivity index (χ0) is 25.4. The summed E-state index contributed by atoms with van der Waals surface area (Å²) in [6.45, 7) is -0.153. The van der Waals surface area contributed by atoms with E-state index in [1.165, 1.54) is 6.08 Å². The third kappa shape index (κ3) is 4.48. The number of carbonyl (C=O) groups excluding carboxylic acids is 2. The first kappa shape index (κ1) is 24.1. The number of hydrogen-bond donors (Lipinski definition) is 3. The molecule has 1 amide bonds. The molecule has 0 radical (unpaired) electrons. The molecule has 2 unspecified atom stereocenters. The quantitative estimate of drug-likeness (QED) is 0.604. The second-order valence-electron chi connectivity index (χ2n) is 9.31. The van der Waals surface area contributed by atoms with Gasteiger partial charge < -0.3 is 15.7 Å². The third-order valence-electron chi connectivity index (χ3n) is 6.99.